The van der Waals surface area contributed by atoms with E-state index in [4.69, 9.17) is 23.1 Å². The average Bonchev–Trinajstić information content (AvgIpc) is 4.04. The second-order valence-electron chi connectivity index (χ2n) is 14.9. The number of piperazine rings is 2. The Labute approximate surface area is 329 Å². The Bertz CT molecular complexity index is 1820. The predicted molar refractivity (Wildman–Crippen MR) is 221 cm³/mol. The van der Waals surface area contributed by atoms with Gasteiger partial charge in [-0.05, 0) is 91.6 Å². The van der Waals surface area contributed by atoms with Gasteiger partial charge in [-0.3, -0.25) is 19.7 Å². The Hall–Kier alpha value is -4.79. The number of nitrogens with two attached hydrogens (primary N) is 2. The van der Waals surface area contributed by atoms with E-state index in [-0.39, 0.29) is 11.4 Å². The summed E-state index contributed by atoms with van der Waals surface area (Å²) in [5.74, 6) is 0.978. The number of rotatable bonds is 6. The number of nitrogens with one attached hydrogen (secondary N) is 1. The number of anilines is 4. The van der Waals surface area contributed by atoms with Crippen molar-refractivity contribution in [2.45, 2.75) is 52.6 Å². The molecule has 4 aliphatic rings. The lowest BCUT2D eigenvalue weighted by Gasteiger charge is -2.35. The molecule has 0 atom stereocenters. The van der Waals surface area contributed by atoms with Crippen molar-refractivity contribution in [1.82, 2.24) is 39.6 Å². The van der Waals surface area contributed by atoms with Gasteiger partial charge in [0.25, 0.3) is 0 Å². The summed E-state index contributed by atoms with van der Waals surface area (Å²) >= 11 is 5.56. The van der Waals surface area contributed by atoms with Gasteiger partial charge in [0.15, 0.2) is 0 Å². The molecule has 0 radical (unpaired) electrons. The summed E-state index contributed by atoms with van der Waals surface area (Å²) < 4.78 is 1.33. The molecule has 5 N–H and O–H groups in total. The smallest absolute Gasteiger partial charge is 0.344 e. The first-order valence-corrected chi connectivity index (χ1v) is 19.9. The standard InChI is InChI=1S/C20H28N6O.C17H24ClN3O.C3H5N3/c1-16-4-5-17(18(14-16)24-7-2-3-8-24)15-23-10-12-25(13-11-23)20(27)26-9-6-19(21)22-26;1-14-4-5-15(16(12-14)20-6-2-3-7-20)13-19-8-10-21(11-9-19)17(18)22;4-3-1-2-5-6-3/h4-6,9,14H,2-3,7-8,10-13,15H2,1H3,(H2,21,22);4-5,12H,2-3,6-11,13H2,1H3;1-2H,(H3,4,5,6). The maximum absolute atomic E-state index is 12.5. The number of carbonyl (C=O) groups is 2. The monoisotopic (exact) mass is 772 g/mol. The van der Waals surface area contributed by atoms with Gasteiger partial charge in [-0.2, -0.15) is 9.78 Å². The van der Waals surface area contributed by atoms with E-state index in [2.05, 4.69) is 85.1 Å². The van der Waals surface area contributed by atoms with Crippen LogP contribution in [-0.4, -0.2) is 130 Å². The number of H-pyrrole nitrogens is 1. The molecule has 15 heteroatoms. The number of halogens is 1. The van der Waals surface area contributed by atoms with Crippen molar-refractivity contribution in [3.63, 3.8) is 0 Å². The summed E-state index contributed by atoms with van der Waals surface area (Å²) in [6.07, 6.45) is 8.39. The van der Waals surface area contributed by atoms with Crippen molar-refractivity contribution in [1.29, 1.82) is 0 Å². The number of aromatic amines is 1. The Kier molecular flexibility index (Phi) is 13.9. The molecule has 296 valence electrons. The Balaban J connectivity index is 0.000000165. The van der Waals surface area contributed by atoms with Crippen LogP contribution in [-0.2, 0) is 13.1 Å². The quantitative estimate of drug-likeness (QED) is 0.176. The molecule has 2 aromatic carbocycles. The largest absolute Gasteiger partial charge is 0.384 e. The molecular formula is C40H57ClN12O2. The van der Waals surface area contributed by atoms with E-state index in [0.717, 1.165) is 65.4 Å². The zero-order valence-electron chi connectivity index (χ0n) is 32.4. The van der Waals surface area contributed by atoms with E-state index >= 15 is 0 Å². The van der Waals surface area contributed by atoms with Gasteiger partial charge in [0.2, 0.25) is 0 Å². The molecule has 4 aromatic rings. The van der Waals surface area contributed by atoms with E-state index in [1.165, 1.54) is 77.1 Å². The van der Waals surface area contributed by atoms with Gasteiger partial charge in [-0.25, -0.2) is 4.79 Å². The van der Waals surface area contributed by atoms with Gasteiger partial charge < -0.3 is 31.1 Å². The Morgan fingerprint density at radius 3 is 1.55 bits per heavy atom. The number of aromatic nitrogens is 4. The fourth-order valence-electron chi connectivity index (χ4n) is 7.64. The number of nitrogens with zero attached hydrogens (tertiary/aromatic N) is 9. The minimum atomic E-state index is -0.326. The molecule has 2 amide bonds. The number of carbonyl (C=O) groups excluding carboxylic acids is 2. The first-order chi connectivity index (χ1) is 26.6. The first-order valence-electron chi connectivity index (χ1n) is 19.6. The maximum Gasteiger partial charge on any atom is 0.344 e. The summed E-state index contributed by atoms with van der Waals surface area (Å²) in [7, 11) is 0. The molecule has 0 saturated carbocycles. The molecule has 0 bridgehead atoms. The zero-order valence-corrected chi connectivity index (χ0v) is 33.1. The second-order valence-corrected chi connectivity index (χ2v) is 15.2. The van der Waals surface area contributed by atoms with E-state index in [1.54, 1.807) is 29.4 Å². The molecule has 0 unspecified atom stereocenters. The Morgan fingerprint density at radius 2 is 1.16 bits per heavy atom. The van der Waals surface area contributed by atoms with E-state index in [9.17, 15) is 9.59 Å². The minimum Gasteiger partial charge on any atom is -0.384 e. The van der Waals surface area contributed by atoms with Gasteiger partial charge >= 0.3 is 11.4 Å². The highest BCUT2D eigenvalue weighted by molar-refractivity contribution is 6.62. The summed E-state index contributed by atoms with van der Waals surface area (Å²) in [5.41, 5.74) is 19.0. The molecule has 2 aromatic heterocycles. The highest BCUT2D eigenvalue weighted by Crippen LogP contribution is 2.29. The van der Waals surface area contributed by atoms with Gasteiger partial charge in [-0.15, -0.1) is 5.10 Å². The lowest BCUT2D eigenvalue weighted by molar-refractivity contribution is 0.134. The van der Waals surface area contributed by atoms with Crippen LogP contribution < -0.4 is 21.3 Å². The number of nitrogen functional groups attached to an aromatic ring is 2. The van der Waals surface area contributed by atoms with Crippen molar-refractivity contribution < 1.29 is 9.59 Å². The summed E-state index contributed by atoms with van der Waals surface area (Å²) in [6, 6.07) is 16.8. The van der Waals surface area contributed by atoms with Gasteiger partial charge in [0.1, 0.15) is 11.6 Å². The third-order valence-electron chi connectivity index (χ3n) is 10.8. The molecule has 55 heavy (non-hydrogen) atoms. The van der Waals surface area contributed by atoms with Gasteiger partial charge in [-0.1, -0.05) is 24.3 Å². The van der Waals surface area contributed by atoms with Crippen molar-refractivity contribution >= 4 is 46.0 Å². The maximum atomic E-state index is 12.5. The van der Waals surface area contributed by atoms with Gasteiger partial charge in [0, 0.05) is 115 Å². The predicted octanol–water partition coefficient (Wildman–Crippen LogP) is 5.22. The number of hydrogen-bond donors (Lipinski definition) is 3. The topological polar surface area (TPSA) is 152 Å². The molecule has 4 aliphatic heterocycles. The highest BCUT2D eigenvalue weighted by atomic mass is 35.5. The Morgan fingerprint density at radius 1 is 0.673 bits per heavy atom. The first kappa shape index (κ1) is 39.9. The number of benzene rings is 2. The van der Waals surface area contributed by atoms with E-state index in [0.29, 0.717) is 24.7 Å². The van der Waals surface area contributed by atoms with Crippen LogP contribution in [0.15, 0.2) is 60.9 Å². The highest BCUT2D eigenvalue weighted by Gasteiger charge is 2.25. The zero-order chi connectivity index (χ0) is 38.7. The normalized spacial score (nSPS) is 17.8. The fraction of sp³-hybridized carbons (Fsp3) is 0.500. The molecule has 14 nitrogen and oxygen atoms in total. The van der Waals surface area contributed by atoms with Crippen LogP contribution in [0.5, 0.6) is 0 Å². The molecule has 8 rings (SSSR count). The average molecular weight is 773 g/mol. The third-order valence-corrected chi connectivity index (χ3v) is 11.0. The van der Waals surface area contributed by atoms with Crippen molar-refractivity contribution in [2.24, 2.45) is 0 Å². The van der Waals surface area contributed by atoms with Crippen LogP contribution in [0.4, 0.5) is 32.6 Å². The lowest BCUT2D eigenvalue weighted by Crippen LogP contribution is -2.49. The molecule has 0 spiro atoms. The van der Waals surface area contributed by atoms with Crippen LogP contribution in [0, 0.1) is 13.8 Å². The molecule has 0 aliphatic carbocycles. The second kappa shape index (κ2) is 19.2. The number of hydrogen-bond acceptors (Lipinski definition) is 10. The molecule has 4 saturated heterocycles. The summed E-state index contributed by atoms with van der Waals surface area (Å²) in [4.78, 5) is 37.1. The molecule has 6 heterocycles. The SMILES string of the molecule is Cc1ccc(CN2CCN(C(=O)Cl)CC2)c(N2CCCC2)c1.Cc1ccc(CN2CCN(C(=O)n3ccc(N)n3)CC2)c(N2CCCC2)c1.Nc1ccn[nH]1. The minimum absolute atomic E-state index is 0.0977. The van der Waals surface area contributed by atoms with E-state index < -0.39 is 0 Å². The van der Waals surface area contributed by atoms with E-state index in [1.807, 2.05) is 4.90 Å². The van der Waals surface area contributed by atoms with Gasteiger partial charge in [0.05, 0.1) is 6.20 Å². The van der Waals surface area contributed by atoms with Crippen LogP contribution in [0.1, 0.15) is 47.9 Å². The number of amides is 2. The fourth-order valence-corrected chi connectivity index (χ4v) is 7.81. The van der Waals surface area contributed by atoms with Crippen LogP contribution in [0.2, 0.25) is 0 Å². The molecular weight excluding hydrogens is 716 g/mol. The summed E-state index contributed by atoms with van der Waals surface area (Å²) in [5, 5.41) is 9.79. The van der Waals surface area contributed by atoms with Crippen LogP contribution in [0.3, 0.4) is 0 Å². The van der Waals surface area contributed by atoms with Crippen molar-refractivity contribution in [3.05, 3.63) is 83.2 Å². The molecule has 4 fully saturated rings. The third kappa shape index (κ3) is 11.1. The van der Waals surface area contributed by atoms with Crippen LogP contribution >= 0.6 is 11.6 Å². The lowest BCUT2D eigenvalue weighted by atomic mass is 10.1. The number of aryl methyl sites for hydroxylation is 2. The van der Waals surface area contributed by atoms with Crippen molar-refractivity contribution in [3.8, 4) is 0 Å². The van der Waals surface area contributed by atoms with Crippen LogP contribution in [0.25, 0.3) is 0 Å². The summed E-state index contributed by atoms with van der Waals surface area (Å²) in [6.45, 7) is 17.3. The van der Waals surface area contributed by atoms with Crippen molar-refractivity contribution in [2.75, 3.05) is 99.8 Å².